The van der Waals surface area contributed by atoms with Crippen LogP contribution in [0.5, 0.6) is 0 Å². The maximum absolute atomic E-state index is 5.79. The zero-order valence-corrected chi connectivity index (χ0v) is 12.6. The van der Waals surface area contributed by atoms with E-state index in [4.69, 9.17) is 10.3 Å². The molecule has 0 unspecified atom stereocenters. The summed E-state index contributed by atoms with van der Waals surface area (Å²) in [6, 6.07) is 7.90. The fourth-order valence-electron chi connectivity index (χ4n) is 2.13. The summed E-state index contributed by atoms with van der Waals surface area (Å²) in [4.78, 5) is 12.7. The van der Waals surface area contributed by atoms with E-state index in [-0.39, 0.29) is 5.95 Å². The third-order valence-electron chi connectivity index (χ3n) is 3.22. The molecule has 0 spiro atoms. The summed E-state index contributed by atoms with van der Waals surface area (Å²) in [5.74, 6) is 1.61. The number of nitrogens with two attached hydrogens (primary N) is 1. The number of anilines is 3. The van der Waals surface area contributed by atoms with E-state index >= 15 is 0 Å². The summed E-state index contributed by atoms with van der Waals surface area (Å²) in [5, 5.41) is 7.03. The quantitative estimate of drug-likeness (QED) is 0.766. The van der Waals surface area contributed by atoms with Gasteiger partial charge in [0.2, 0.25) is 11.9 Å². The van der Waals surface area contributed by atoms with E-state index in [1.54, 1.807) is 0 Å². The van der Waals surface area contributed by atoms with Gasteiger partial charge in [-0.3, -0.25) is 0 Å². The second kappa shape index (κ2) is 5.44. The van der Waals surface area contributed by atoms with Gasteiger partial charge in [-0.15, -0.1) is 0 Å². The first-order valence-corrected chi connectivity index (χ1v) is 6.81. The van der Waals surface area contributed by atoms with Crippen LogP contribution in [0.25, 0.3) is 11.4 Å². The van der Waals surface area contributed by atoms with E-state index in [0.717, 1.165) is 11.3 Å². The lowest BCUT2D eigenvalue weighted by atomic mass is 10.2. The van der Waals surface area contributed by atoms with Gasteiger partial charge in [0, 0.05) is 5.69 Å². The molecule has 0 fully saturated rings. The van der Waals surface area contributed by atoms with Gasteiger partial charge in [0.15, 0.2) is 5.82 Å². The first-order valence-electron chi connectivity index (χ1n) is 6.81. The average Bonchev–Trinajstić information content (AvgIpc) is 2.80. The summed E-state index contributed by atoms with van der Waals surface area (Å²) in [6.07, 6.45) is 0. The molecular formula is C15H16N6O. The number of hydrogen-bond donors (Lipinski definition) is 2. The van der Waals surface area contributed by atoms with Gasteiger partial charge in [-0.1, -0.05) is 22.9 Å². The molecule has 0 aliphatic carbocycles. The van der Waals surface area contributed by atoms with Crippen LogP contribution in [-0.2, 0) is 0 Å². The summed E-state index contributed by atoms with van der Waals surface area (Å²) >= 11 is 0. The average molecular weight is 296 g/mol. The second-order valence-corrected chi connectivity index (χ2v) is 5.03. The molecule has 0 bridgehead atoms. The molecule has 3 N–H and O–H groups in total. The molecule has 0 saturated heterocycles. The van der Waals surface area contributed by atoms with E-state index in [1.165, 1.54) is 5.56 Å². The molecule has 0 saturated carbocycles. The minimum absolute atomic E-state index is 0.139. The van der Waals surface area contributed by atoms with E-state index in [9.17, 15) is 0 Å². The number of benzene rings is 1. The highest BCUT2D eigenvalue weighted by Crippen LogP contribution is 2.25. The fourth-order valence-corrected chi connectivity index (χ4v) is 2.13. The lowest BCUT2D eigenvalue weighted by molar-refractivity contribution is 0.393. The Labute approximate surface area is 127 Å². The molecule has 2 aromatic heterocycles. The van der Waals surface area contributed by atoms with Crippen LogP contribution < -0.4 is 11.1 Å². The molecule has 112 valence electrons. The number of hydrogen-bond acceptors (Lipinski definition) is 7. The molecule has 1 aromatic carbocycles. The lowest BCUT2D eigenvalue weighted by Gasteiger charge is -2.07. The van der Waals surface area contributed by atoms with Crippen molar-refractivity contribution in [1.82, 2.24) is 20.1 Å². The zero-order chi connectivity index (χ0) is 15.7. The summed E-state index contributed by atoms with van der Waals surface area (Å²) in [6.45, 7) is 5.67. The zero-order valence-electron chi connectivity index (χ0n) is 12.6. The molecular weight excluding hydrogens is 280 g/mol. The Balaban J connectivity index is 1.98. The van der Waals surface area contributed by atoms with Crippen molar-refractivity contribution in [1.29, 1.82) is 0 Å². The van der Waals surface area contributed by atoms with E-state index in [0.29, 0.717) is 23.2 Å². The summed E-state index contributed by atoms with van der Waals surface area (Å²) in [7, 11) is 0. The molecule has 3 rings (SSSR count). The summed E-state index contributed by atoms with van der Waals surface area (Å²) < 4.78 is 5.15. The predicted molar refractivity (Wildman–Crippen MR) is 83.7 cm³/mol. The molecule has 0 amide bonds. The standard InChI is InChI=1S/C15H16N6O/c1-8-4-6-11(7-5-8)17-15-19-13(18-14(16)20-15)12-9(2)21-22-10(12)3/h4-7H,1-3H3,(H3,16,17,18,19,20). The molecule has 3 aromatic rings. The second-order valence-electron chi connectivity index (χ2n) is 5.03. The molecule has 0 aliphatic rings. The van der Waals surface area contributed by atoms with Crippen LogP contribution in [0.3, 0.4) is 0 Å². The van der Waals surface area contributed by atoms with Crippen molar-refractivity contribution in [2.24, 2.45) is 0 Å². The van der Waals surface area contributed by atoms with Crippen molar-refractivity contribution in [2.45, 2.75) is 20.8 Å². The van der Waals surface area contributed by atoms with Gasteiger partial charge < -0.3 is 15.6 Å². The molecule has 0 aliphatic heterocycles. The Hall–Kier alpha value is -2.96. The molecule has 7 heteroatoms. The van der Waals surface area contributed by atoms with Crippen molar-refractivity contribution in [3.63, 3.8) is 0 Å². The Bertz CT molecular complexity index is 790. The van der Waals surface area contributed by atoms with Crippen LogP contribution in [0.15, 0.2) is 28.8 Å². The van der Waals surface area contributed by atoms with Gasteiger partial charge >= 0.3 is 0 Å². The predicted octanol–water partition coefficient (Wildman–Crippen LogP) is 2.78. The lowest BCUT2D eigenvalue weighted by Crippen LogP contribution is -2.05. The van der Waals surface area contributed by atoms with Crippen LogP contribution >= 0.6 is 0 Å². The van der Waals surface area contributed by atoms with E-state index in [1.807, 2.05) is 45.0 Å². The van der Waals surface area contributed by atoms with Gasteiger partial charge in [0.05, 0.1) is 11.3 Å². The van der Waals surface area contributed by atoms with Gasteiger partial charge in [-0.05, 0) is 32.9 Å². The topological polar surface area (TPSA) is 103 Å². The minimum atomic E-state index is 0.139. The van der Waals surface area contributed by atoms with Gasteiger partial charge in [-0.25, -0.2) is 0 Å². The Morgan fingerprint density at radius 2 is 1.73 bits per heavy atom. The smallest absolute Gasteiger partial charge is 0.232 e. The Morgan fingerprint density at radius 1 is 1.00 bits per heavy atom. The van der Waals surface area contributed by atoms with Crippen LogP contribution in [0.4, 0.5) is 17.6 Å². The Kier molecular flexibility index (Phi) is 3.46. The van der Waals surface area contributed by atoms with Gasteiger partial charge in [-0.2, -0.15) is 15.0 Å². The normalized spacial score (nSPS) is 10.7. The monoisotopic (exact) mass is 296 g/mol. The number of aryl methyl sites for hydroxylation is 3. The molecule has 7 nitrogen and oxygen atoms in total. The molecule has 0 radical (unpaired) electrons. The van der Waals surface area contributed by atoms with Crippen molar-refractivity contribution >= 4 is 17.6 Å². The van der Waals surface area contributed by atoms with Crippen molar-refractivity contribution in [2.75, 3.05) is 11.1 Å². The van der Waals surface area contributed by atoms with Crippen LogP contribution in [0.2, 0.25) is 0 Å². The van der Waals surface area contributed by atoms with E-state index in [2.05, 4.69) is 25.4 Å². The minimum Gasteiger partial charge on any atom is -0.368 e. The highest BCUT2D eigenvalue weighted by Gasteiger charge is 2.16. The first-order chi connectivity index (χ1) is 10.5. The number of aromatic nitrogens is 4. The fraction of sp³-hybridized carbons (Fsp3) is 0.200. The Morgan fingerprint density at radius 3 is 2.36 bits per heavy atom. The van der Waals surface area contributed by atoms with E-state index < -0.39 is 0 Å². The SMILES string of the molecule is Cc1ccc(Nc2nc(N)nc(-c3c(C)noc3C)n2)cc1. The van der Waals surface area contributed by atoms with Crippen molar-refractivity contribution in [3.05, 3.63) is 41.3 Å². The molecule has 2 heterocycles. The number of rotatable bonds is 3. The number of nitrogen functional groups attached to an aromatic ring is 1. The van der Waals surface area contributed by atoms with Crippen LogP contribution in [-0.4, -0.2) is 20.1 Å². The maximum atomic E-state index is 5.79. The highest BCUT2D eigenvalue weighted by molar-refractivity contribution is 5.63. The maximum Gasteiger partial charge on any atom is 0.232 e. The highest BCUT2D eigenvalue weighted by atomic mass is 16.5. The largest absolute Gasteiger partial charge is 0.368 e. The van der Waals surface area contributed by atoms with Crippen LogP contribution in [0.1, 0.15) is 17.0 Å². The molecule has 0 atom stereocenters. The summed E-state index contributed by atoms with van der Waals surface area (Å²) in [5.41, 5.74) is 9.29. The van der Waals surface area contributed by atoms with Gasteiger partial charge in [0.25, 0.3) is 0 Å². The molecule has 22 heavy (non-hydrogen) atoms. The van der Waals surface area contributed by atoms with Crippen molar-refractivity contribution < 1.29 is 4.52 Å². The number of nitrogens with one attached hydrogen (secondary N) is 1. The first kappa shape index (κ1) is 14.0. The van der Waals surface area contributed by atoms with Crippen molar-refractivity contribution in [3.8, 4) is 11.4 Å². The van der Waals surface area contributed by atoms with Crippen LogP contribution in [0, 0.1) is 20.8 Å². The number of nitrogens with zero attached hydrogens (tertiary/aromatic N) is 4. The third kappa shape index (κ3) is 2.73. The van der Waals surface area contributed by atoms with Gasteiger partial charge in [0.1, 0.15) is 5.76 Å². The third-order valence-corrected chi connectivity index (χ3v) is 3.22.